The van der Waals surface area contributed by atoms with Gasteiger partial charge in [-0.1, -0.05) is 20.3 Å². The molecule has 100 valence electrons. The van der Waals surface area contributed by atoms with Gasteiger partial charge < -0.3 is 15.2 Å². The number of rotatable bonds is 8. The molecule has 0 aromatic carbocycles. The van der Waals surface area contributed by atoms with Gasteiger partial charge in [0.05, 0.1) is 6.10 Å². The van der Waals surface area contributed by atoms with Crippen LogP contribution in [0, 0.1) is 5.41 Å². The molecule has 1 saturated carbocycles. The zero-order valence-corrected chi connectivity index (χ0v) is 11.2. The molecule has 0 radical (unpaired) electrons. The van der Waals surface area contributed by atoms with Gasteiger partial charge in [-0.15, -0.1) is 0 Å². The van der Waals surface area contributed by atoms with Crippen LogP contribution >= 0.6 is 0 Å². The Morgan fingerprint density at radius 2 is 2.12 bits per heavy atom. The van der Waals surface area contributed by atoms with E-state index >= 15 is 0 Å². The average molecular weight is 243 g/mol. The van der Waals surface area contributed by atoms with E-state index in [9.17, 15) is 4.79 Å². The lowest BCUT2D eigenvalue weighted by Gasteiger charge is -2.51. The number of hydrogen-bond donors (Lipinski definition) is 2. The summed E-state index contributed by atoms with van der Waals surface area (Å²) in [4.78, 5) is 10.3. The van der Waals surface area contributed by atoms with Crippen molar-refractivity contribution in [2.24, 2.45) is 5.41 Å². The summed E-state index contributed by atoms with van der Waals surface area (Å²) in [5, 5.41) is 12.0. The van der Waals surface area contributed by atoms with Crippen LogP contribution in [0.15, 0.2) is 0 Å². The van der Waals surface area contributed by atoms with Crippen molar-refractivity contribution in [3.05, 3.63) is 0 Å². The zero-order chi connectivity index (χ0) is 12.9. The van der Waals surface area contributed by atoms with E-state index in [-0.39, 0.29) is 5.41 Å². The van der Waals surface area contributed by atoms with Gasteiger partial charge in [0.15, 0.2) is 0 Å². The van der Waals surface area contributed by atoms with Gasteiger partial charge in [-0.25, -0.2) is 0 Å². The maximum atomic E-state index is 10.3. The van der Waals surface area contributed by atoms with E-state index in [1.165, 1.54) is 0 Å². The first-order chi connectivity index (χ1) is 7.98. The second-order valence-electron chi connectivity index (χ2n) is 5.49. The van der Waals surface area contributed by atoms with Gasteiger partial charge in [0.2, 0.25) is 0 Å². The van der Waals surface area contributed by atoms with Gasteiger partial charge in [-0.2, -0.15) is 0 Å². The molecule has 0 bridgehead atoms. The quantitative estimate of drug-likeness (QED) is 0.640. The molecule has 2 unspecified atom stereocenters. The number of nitrogens with one attached hydrogen (secondary N) is 1. The highest BCUT2D eigenvalue weighted by Crippen LogP contribution is 2.42. The first-order valence-corrected chi connectivity index (χ1v) is 6.46. The van der Waals surface area contributed by atoms with Crippen LogP contribution in [0.1, 0.15) is 46.0 Å². The molecule has 4 heteroatoms. The summed E-state index contributed by atoms with van der Waals surface area (Å²) < 4.78 is 5.40. The van der Waals surface area contributed by atoms with Gasteiger partial charge in [0.1, 0.15) is 0 Å². The van der Waals surface area contributed by atoms with E-state index < -0.39 is 5.97 Å². The molecule has 0 heterocycles. The summed E-state index contributed by atoms with van der Waals surface area (Å²) >= 11 is 0. The molecule has 0 aliphatic heterocycles. The number of aliphatic carboxylic acids is 1. The minimum absolute atomic E-state index is 0.218. The fraction of sp³-hybridized carbons (Fsp3) is 0.923. The molecule has 2 atom stereocenters. The minimum Gasteiger partial charge on any atom is -0.481 e. The second-order valence-corrected chi connectivity index (χ2v) is 5.49. The van der Waals surface area contributed by atoms with Crippen molar-refractivity contribution in [2.45, 2.75) is 58.1 Å². The molecule has 2 N–H and O–H groups in total. The van der Waals surface area contributed by atoms with E-state index in [4.69, 9.17) is 9.84 Å². The molecule has 1 aliphatic rings. The summed E-state index contributed by atoms with van der Waals surface area (Å²) in [6.45, 7) is 5.43. The standard InChI is InChI=1S/C13H25NO3/c1-13(2)10(9-11(13)17-3)14-8-6-4-5-7-12(15)16/h10-11,14H,4-9H2,1-3H3,(H,15,16). The smallest absolute Gasteiger partial charge is 0.303 e. The Hall–Kier alpha value is -0.610. The highest BCUT2D eigenvalue weighted by molar-refractivity contribution is 5.66. The number of carbonyl (C=O) groups is 1. The largest absolute Gasteiger partial charge is 0.481 e. The van der Waals surface area contributed by atoms with Crippen molar-refractivity contribution in [1.29, 1.82) is 0 Å². The van der Waals surface area contributed by atoms with Crippen molar-refractivity contribution in [2.75, 3.05) is 13.7 Å². The van der Waals surface area contributed by atoms with Crippen molar-refractivity contribution < 1.29 is 14.6 Å². The molecule has 1 fully saturated rings. The Bertz CT molecular complexity index is 253. The fourth-order valence-corrected chi connectivity index (χ4v) is 2.49. The monoisotopic (exact) mass is 243 g/mol. The third kappa shape index (κ3) is 3.96. The van der Waals surface area contributed by atoms with Gasteiger partial charge in [0, 0.05) is 25.0 Å². The predicted octanol–water partition coefficient (Wildman–Crippen LogP) is 2.03. The number of unbranched alkanes of at least 4 members (excludes halogenated alkanes) is 2. The lowest BCUT2D eigenvalue weighted by Crippen LogP contribution is -2.60. The Labute approximate surface area is 104 Å². The first kappa shape index (κ1) is 14.5. The zero-order valence-electron chi connectivity index (χ0n) is 11.2. The van der Waals surface area contributed by atoms with E-state index in [0.717, 1.165) is 32.2 Å². The average Bonchev–Trinajstić information content (AvgIpc) is 2.25. The van der Waals surface area contributed by atoms with Crippen LogP contribution in [0.2, 0.25) is 0 Å². The lowest BCUT2D eigenvalue weighted by atomic mass is 9.64. The third-order valence-electron chi connectivity index (χ3n) is 3.92. The van der Waals surface area contributed by atoms with E-state index in [2.05, 4.69) is 19.2 Å². The predicted molar refractivity (Wildman–Crippen MR) is 67.1 cm³/mol. The van der Waals surface area contributed by atoms with Gasteiger partial charge in [0.25, 0.3) is 0 Å². The number of hydrogen-bond acceptors (Lipinski definition) is 3. The molecule has 1 aliphatic carbocycles. The highest BCUT2D eigenvalue weighted by atomic mass is 16.5. The third-order valence-corrected chi connectivity index (χ3v) is 3.92. The molecule has 0 saturated heterocycles. The maximum Gasteiger partial charge on any atom is 0.303 e. The summed E-state index contributed by atoms with van der Waals surface area (Å²) in [6.07, 6.45) is 4.56. The van der Waals surface area contributed by atoms with Crippen LogP contribution in [0.25, 0.3) is 0 Å². The number of carboxylic acids is 1. The van der Waals surface area contributed by atoms with Gasteiger partial charge >= 0.3 is 5.97 Å². The number of carboxylic acid groups (broad SMARTS) is 1. The van der Waals surface area contributed by atoms with E-state index in [1.54, 1.807) is 7.11 Å². The Morgan fingerprint density at radius 1 is 1.41 bits per heavy atom. The van der Waals surface area contributed by atoms with Gasteiger partial charge in [-0.05, 0) is 25.8 Å². The first-order valence-electron chi connectivity index (χ1n) is 6.46. The van der Waals surface area contributed by atoms with Crippen molar-refractivity contribution in [1.82, 2.24) is 5.32 Å². The van der Waals surface area contributed by atoms with E-state index in [0.29, 0.717) is 18.6 Å². The molecule has 0 aromatic rings. The summed E-state index contributed by atoms with van der Waals surface area (Å²) in [5.41, 5.74) is 0.218. The molecular formula is C13H25NO3. The maximum absolute atomic E-state index is 10.3. The molecule has 17 heavy (non-hydrogen) atoms. The molecule has 1 rings (SSSR count). The molecule has 0 amide bonds. The topological polar surface area (TPSA) is 58.6 Å². The molecular weight excluding hydrogens is 218 g/mol. The molecule has 0 spiro atoms. The molecule has 4 nitrogen and oxygen atoms in total. The Kier molecular flexibility index (Phi) is 5.40. The second kappa shape index (κ2) is 6.36. The van der Waals surface area contributed by atoms with Gasteiger partial charge in [-0.3, -0.25) is 4.79 Å². The number of ether oxygens (including phenoxy) is 1. The van der Waals surface area contributed by atoms with Crippen LogP contribution in [0.5, 0.6) is 0 Å². The Morgan fingerprint density at radius 3 is 2.65 bits per heavy atom. The summed E-state index contributed by atoms with van der Waals surface area (Å²) in [7, 11) is 1.77. The lowest BCUT2D eigenvalue weighted by molar-refractivity contribution is -0.137. The van der Waals surface area contributed by atoms with Crippen LogP contribution in [-0.2, 0) is 9.53 Å². The summed E-state index contributed by atoms with van der Waals surface area (Å²) in [5.74, 6) is -0.693. The molecule has 0 aromatic heterocycles. The summed E-state index contributed by atoms with van der Waals surface area (Å²) in [6, 6.07) is 0.534. The van der Waals surface area contributed by atoms with Crippen LogP contribution < -0.4 is 5.32 Å². The number of methoxy groups -OCH3 is 1. The fourth-order valence-electron chi connectivity index (χ4n) is 2.49. The SMILES string of the molecule is COC1CC(NCCCCCC(=O)O)C1(C)C. The van der Waals surface area contributed by atoms with Crippen molar-refractivity contribution >= 4 is 5.97 Å². The van der Waals surface area contributed by atoms with Crippen LogP contribution in [0.3, 0.4) is 0 Å². The van der Waals surface area contributed by atoms with Crippen LogP contribution in [0.4, 0.5) is 0 Å². The van der Waals surface area contributed by atoms with Crippen molar-refractivity contribution in [3.8, 4) is 0 Å². The van der Waals surface area contributed by atoms with Crippen LogP contribution in [-0.4, -0.2) is 36.9 Å². The minimum atomic E-state index is -0.693. The normalized spacial score (nSPS) is 26.5. The highest BCUT2D eigenvalue weighted by Gasteiger charge is 2.47. The Balaban J connectivity index is 2.03. The van der Waals surface area contributed by atoms with E-state index in [1.807, 2.05) is 0 Å². The van der Waals surface area contributed by atoms with Crippen molar-refractivity contribution in [3.63, 3.8) is 0 Å².